The minimum Gasteiger partial charge on any atom is -0.395 e. The molecule has 0 aromatic carbocycles. The number of ether oxygens (including phenoxy) is 1. The van der Waals surface area contributed by atoms with E-state index in [0.29, 0.717) is 31.6 Å². The summed E-state index contributed by atoms with van der Waals surface area (Å²) < 4.78 is 5.49. The van der Waals surface area contributed by atoms with E-state index in [2.05, 4.69) is 30.5 Å². The zero-order valence-corrected chi connectivity index (χ0v) is 14.8. The highest BCUT2D eigenvalue weighted by atomic mass is 32.1. The maximum Gasteiger partial charge on any atom is 0.224 e. The summed E-state index contributed by atoms with van der Waals surface area (Å²) in [6, 6.07) is 2.03. The Morgan fingerprint density at radius 1 is 1.42 bits per heavy atom. The fraction of sp³-hybridized carbons (Fsp3) is 0.562. The van der Waals surface area contributed by atoms with Crippen LogP contribution in [0.15, 0.2) is 11.4 Å². The van der Waals surface area contributed by atoms with Crippen LogP contribution in [0.4, 0.5) is 11.8 Å². The van der Waals surface area contributed by atoms with Gasteiger partial charge in [-0.3, -0.25) is 0 Å². The number of aryl methyl sites for hydroxylation is 1. The van der Waals surface area contributed by atoms with Crippen LogP contribution in [0.25, 0.3) is 0 Å². The predicted octanol–water partition coefficient (Wildman–Crippen LogP) is 1.79. The third-order valence-corrected chi connectivity index (χ3v) is 4.75. The van der Waals surface area contributed by atoms with Crippen molar-refractivity contribution in [3.8, 4) is 0 Å². The minimum atomic E-state index is 0.0450. The maximum absolute atomic E-state index is 9.03. The fourth-order valence-electron chi connectivity index (χ4n) is 2.68. The lowest BCUT2D eigenvalue weighted by molar-refractivity contribution is 0.193. The van der Waals surface area contributed by atoms with Gasteiger partial charge in [-0.2, -0.15) is 4.98 Å². The number of rotatable bonds is 7. The van der Waals surface area contributed by atoms with E-state index >= 15 is 0 Å². The third-order valence-electron chi connectivity index (χ3n) is 3.93. The molecule has 0 saturated carbocycles. The standard InChI is InChI=1S/C16H23N5O2S/c1-11-18-13(10-24-11)8-21(2)15-7-14(12-3-6-23-9-12)19-16(20-15)17-4-5-22/h7,10,12,22H,3-6,8-9H2,1-2H3,(H,17,19,20)/t12-/m0/s1. The number of nitrogens with one attached hydrogen (secondary N) is 1. The summed E-state index contributed by atoms with van der Waals surface area (Å²) in [7, 11) is 2.00. The smallest absolute Gasteiger partial charge is 0.224 e. The van der Waals surface area contributed by atoms with Crippen molar-refractivity contribution in [2.75, 3.05) is 43.6 Å². The lowest BCUT2D eigenvalue weighted by Crippen LogP contribution is -2.20. The number of anilines is 2. The summed E-state index contributed by atoms with van der Waals surface area (Å²) in [4.78, 5) is 15.7. The van der Waals surface area contributed by atoms with Crippen LogP contribution < -0.4 is 10.2 Å². The molecule has 0 aliphatic carbocycles. The van der Waals surface area contributed by atoms with Crippen molar-refractivity contribution in [1.29, 1.82) is 0 Å². The molecule has 24 heavy (non-hydrogen) atoms. The van der Waals surface area contributed by atoms with Gasteiger partial charge in [0, 0.05) is 37.6 Å². The van der Waals surface area contributed by atoms with Crippen molar-refractivity contribution in [3.05, 3.63) is 27.8 Å². The average Bonchev–Trinajstić information content (AvgIpc) is 3.24. The topological polar surface area (TPSA) is 83.4 Å². The highest BCUT2D eigenvalue weighted by Gasteiger charge is 2.21. The molecule has 1 saturated heterocycles. The Balaban J connectivity index is 1.82. The van der Waals surface area contributed by atoms with E-state index in [0.717, 1.165) is 35.2 Å². The van der Waals surface area contributed by atoms with Gasteiger partial charge >= 0.3 is 0 Å². The summed E-state index contributed by atoms with van der Waals surface area (Å²) in [6.07, 6.45) is 0.977. The molecule has 8 heteroatoms. The van der Waals surface area contributed by atoms with E-state index < -0.39 is 0 Å². The van der Waals surface area contributed by atoms with Crippen molar-refractivity contribution in [2.45, 2.75) is 25.8 Å². The molecule has 2 N–H and O–H groups in total. The summed E-state index contributed by atoms with van der Waals surface area (Å²) in [5, 5.41) is 15.2. The van der Waals surface area contributed by atoms with Crippen molar-refractivity contribution in [2.24, 2.45) is 0 Å². The van der Waals surface area contributed by atoms with Crippen LogP contribution in [0.5, 0.6) is 0 Å². The molecular formula is C16H23N5O2S. The van der Waals surface area contributed by atoms with Gasteiger partial charge in [0.25, 0.3) is 0 Å². The molecule has 130 valence electrons. The van der Waals surface area contributed by atoms with Gasteiger partial charge in [-0.05, 0) is 13.3 Å². The van der Waals surface area contributed by atoms with E-state index in [4.69, 9.17) is 9.84 Å². The first-order valence-electron chi connectivity index (χ1n) is 8.09. The van der Waals surface area contributed by atoms with Gasteiger partial charge in [0.15, 0.2) is 0 Å². The number of hydrogen-bond acceptors (Lipinski definition) is 8. The number of hydrogen-bond donors (Lipinski definition) is 2. The Hall–Kier alpha value is -1.77. The van der Waals surface area contributed by atoms with Crippen LogP contribution in [0, 0.1) is 6.92 Å². The Kier molecular flexibility index (Phi) is 5.60. The van der Waals surface area contributed by atoms with Crippen LogP contribution in [0.2, 0.25) is 0 Å². The lowest BCUT2D eigenvalue weighted by Gasteiger charge is -2.20. The van der Waals surface area contributed by atoms with Gasteiger partial charge in [0.1, 0.15) is 5.82 Å². The van der Waals surface area contributed by atoms with Crippen LogP contribution in [-0.4, -0.2) is 53.5 Å². The highest BCUT2D eigenvalue weighted by Crippen LogP contribution is 2.27. The first-order chi connectivity index (χ1) is 11.7. The van der Waals surface area contributed by atoms with Crippen LogP contribution in [0.1, 0.15) is 28.7 Å². The Labute approximate surface area is 145 Å². The van der Waals surface area contributed by atoms with Crippen LogP contribution in [0.3, 0.4) is 0 Å². The Morgan fingerprint density at radius 3 is 2.96 bits per heavy atom. The quantitative estimate of drug-likeness (QED) is 0.788. The molecule has 7 nitrogen and oxygen atoms in total. The van der Waals surface area contributed by atoms with E-state index in [9.17, 15) is 0 Å². The largest absolute Gasteiger partial charge is 0.395 e. The fourth-order valence-corrected chi connectivity index (χ4v) is 3.28. The van der Waals surface area contributed by atoms with Gasteiger partial charge in [0.2, 0.25) is 5.95 Å². The molecule has 3 heterocycles. The maximum atomic E-state index is 9.03. The van der Waals surface area contributed by atoms with E-state index in [1.807, 2.05) is 20.0 Å². The molecular weight excluding hydrogens is 326 g/mol. The second kappa shape index (κ2) is 7.87. The molecule has 1 aliphatic rings. The zero-order valence-electron chi connectivity index (χ0n) is 14.0. The van der Waals surface area contributed by atoms with Crippen molar-refractivity contribution < 1.29 is 9.84 Å². The third kappa shape index (κ3) is 4.19. The molecule has 1 fully saturated rings. The lowest BCUT2D eigenvalue weighted by atomic mass is 10.0. The SMILES string of the molecule is Cc1nc(CN(C)c2cc([C@H]3CCOC3)nc(NCCO)n2)cs1. The summed E-state index contributed by atoms with van der Waals surface area (Å²) in [6.45, 7) is 4.65. The molecule has 0 amide bonds. The van der Waals surface area contributed by atoms with E-state index in [1.165, 1.54) is 0 Å². The number of thiazole rings is 1. The van der Waals surface area contributed by atoms with Gasteiger partial charge in [-0.25, -0.2) is 9.97 Å². The summed E-state index contributed by atoms with van der Waals surface area (Å²) in [5.74, 6) is 1.69. The van der Waals surface area contributed by atoms with Gasteiger partial charge in [-0.1, -0.05) is 0 Å². The first kappa shape index (κ1) is 17.1. The van der Waals surface area contributed by atoms with Crippen molar-refractivity contribution >= 4 is 23.1 Å². The van der Waals surface area contributed by atoms with Gasteiger partial charge in [-0.15, -0.1) is 11.3 Å². The monoisotopic (exact) mass is 349 g/mol. The second-order valence-corrected chi connectivity index (χ2v) is 6.96. The summed E-state index contributed by atoms with van der Waals surface area (Å²) >= 11 is 1.65. The number of aliphatic hydroxyl groups is 1. The van der Waals surface area contributed by atoms with Crippen LogP contribution >= 0.6 is 11.3 Å². The Morgan fingerprint density at radius 2 is 2.29 bits per heavy atom. The van der Waals surface area contributed by atoms with E-state index in [1.54, 1.807) is 11.3 Å². The summed E-state index contributed by atoms with van der Waals surface area (Å²) in [5.41, 5.74) is 2.02. The van der Waals surface area contributed by atoms with Gasteiger partial charge < -0.3 is 20.1 Å². The zero-order chi connectivity index (χ0) is 16.9. The predicted molar refractivity (Wildman–Crippen MR) is 94.7 cm³/mol. The minimum absolute atomic E-state index is 0.0450. The molecule has 0 unspecified atom stereocenters. The average molecular weight is 349 g/mol. The molecule has 0 bridgehead atoms. The van der Waals surface area contributed by atoms with Crippen molar-refractivity contribution in [3.63, 3.8) is 0 Å². The van der Waals surface area contributed by atoms with Crippen molar-refractivity contribution in [1.82, 2.24) is 15.0 Å². The molecule has 0 spiro atoms. The number of aromatic nitrogens is 3. The molecule has 3 rings (SSSR count). The normalized spacial score (nSPS) is 17.2. The number of aliphatic hydroxyl groups excluding tert-OH is 1. The highest BCUT2D eigenvalue weighted by molar-refractivity contribution is 7.09. The number of nitrogens with zero attached hydrogens (tertiary/aromatic N) is 4. The second-order valence-electron chi connectivity index (χ2n) is 5.90. The first-order valence-corrected chi connectivity index (χ1v) is 8.97. The van der Waals surface area contributed by atoms with E-state index in [-0.39, 0.29) is 6.61 Å². The molecule has 2 aromatic heterocycles. The molecule has 1 atom stereocenters. The van der Waals surface area contributed by atoms with Crippen LogP contribution in [-0.2, 0) is 11.3 Å². The molecule has 2 aromatic rings. The molecule has 0 radical (unpaired) electrons. The van der Waals surface area contributed by atoms with Gasteiger partial charge in [0.05, 0.1) is 36.2 Å². The Bertz CT molecular complexity index is 672. The molecule has 1 aliphatic heterocycles.